The first kappa shape index (κ1) is 14.7. The van der Waals surface area contributed by atoms with Crippen LogP contribution in [0.25, 0.3) is 22.2 Å². The maximum atomic E-state index is 12.5. The van der Waals surface area contributed by atoms with Gasteiger partial charge in [0, 0.05) is 11.8 Å². The van der Waals surface area contributed by atoms with Crippen LogP contribution in [0.15, 0.2) is 41.3 Å². The lowest BCUT2D eigenvalue weighted by atomic mass is 10.0. The highest BCUT2D eigenvalue weighted by atomic mass is 16.1. The van der Waals surface area contributed by atoms with Crippen LogP contribution in [0.2, 0.25) is 0 Å². The Labute approximate surface area is 139 Å². The second kappa shape index (κ2) is 5.97. The highest BCUT2D eigenvalue weighted by Gasteiger charge is 2.23. The second-order valence-electron chi connectivity index (χ2n) is 6.33. The fourth-order valence-electron chi connectivity index (χ4n) is 3.65. The summed E-state index contributed by atoms with van der Waals surface area (Å²) < 4.78 is 2.03. The van der Waals surface area contributed by atoms with Crippen molar-refractivity contribution in [2.75, 3.05) is 0 Å². The lowest BCUT2D eigenvalue weighted by Gasteiger charge is -2.10. The first-order chi connectivity index (χ1) is 11.8. The number of aromatic amines is 1. The van der Waals surface area contributed by atoms with Crippen molar-refractivity contribution in [1.82, 2.24) is 14.8 Å². The minimum Gasteiger partial charge on any atom is -0.328 e. The Kier molecular flexibility index (Phi) is 3.66. The molecular weight excluding hydrogens is 300 g/mol. The number of hydrogen-bond donors (Lipinski definition) is 1. The second-order valence-corrected chi connectivity index (χ2v) is 6.33. The normalized spacial score (nSPS) is 15.0. The molecule has 0 atom stereocenters. The fourth-order valence-corrected chi connectivity index (χ4v) is 3.65. The molecule has 0 amide bonds. The summed E-state index contributed by atoms with van der Waals surface area (Å²) in [6, 6.07) is 12.2. The molecule has 4 rings (SSSR count). The van der Waals surface area contributed by atoms with Gasteiger partial charge < -0.3 is 4.98 Å². The van der Waals surface area contributed by atoms with Crippen molar-refractivity contribution in [3.63, 3.8) is 0 Å². The third-order valence-electron chi connectivity index (χ3n) is 4.78. The van der Waals surface area contributed by atoms with Crippen LogP contribution in [0.5, 0.6) is 0 Å². The van der Waals surface area contributed by atoms with Gasteiger partial charge in [-0.1, -0.05) is 31.0 Å². The molecule has 0 saturated heterocycles. The van der Waals surface area contributed by atoms with Crippen molar-refractivity contribution in [2.45, 2.75) is 38.1 Å². The van der Waals surface area contributed by atoms with Gasteiger partial charge in [-0.2, -0.15) is 10.4 Å². The van der Waals surface area contributed by atoms with Crippen LogP contribution < -0.4 is 5.56 Å². The van der Waals surface area contributed by atoms with Crippen molar-refractivity contribution in [1.29, 1.82) is 5.26 Å². The third-order valence-corrected chi connectivity index (χ3v) is 4.78. The maximum Gasteiger partial charge on any atom is 0.259 e. The van der Waals surface area contributed by atoms with Gasteiger partial charge in [-0.25, -0.2) is 0 Å². The molecule has 1 aliphatic rings. The number of nitrogens with one attached hydrogen (secondary N) is 1. The number of H-pyrrole nitrogens is 1. The van der Waals surface area contributed by atoms with Crippen molar-refractivity contribution >= 4 is 10.9 Å². The highest BCUT2D eigenvalue weighted by Crippen LogP contribution is 2.34. The molecule has 1 N–H and O–H groups in total. The van der Waals surface area contributed by atoms with Gasteiger partial charge in [0.25, 0.3) is 5.56 Å². The first-order valence-electron chi connectivity index (χ1n) is 8.34. The SMILES string of the molecule is N#CCc1cccc(-c2nn(C3CCCC3)c3cc[nH]c(=O)c23)c1. The third kappa shape index (κ3) is 2.41. The number of benzene rings is 1. The minimum atomic E-state index is -0.113. The zero-order valence-corrected chi connectivity index (χ0v) is 13.3. The van der Waals surface area contributed by atoms with E-state index in [-0.39, 0.29) is 5.56 Å². The maximum absolute atomic E-state index is 12.5. The van der Waals surface area contributed by atoms with E-state index in [1.165, 1.54) is 12.8 Å². The molecule has 0 unspecified atom stereocenters. The van der Waals surface area contributed by atoms with Gasteiger partial charge in [-0.15, -0.1) is 0 Å². The van der Waals surface area contributed by atoms with Gasteiger partial charge in [0.2, 0.25) is 0 Å². The van der Waals surface area contributed by atoms with Gasteiger partial charge >= 0.3 is 0 Å². The molecule has 0 radical (unpaired) electrons. The molecule has 0 aliphatic heterocycles. The van der Waals surface area contributed by atoms with Crippen LogP contribution in [0.1, 0.15) is 37.3 Å². The Morgan fingerprint density at radius 3 is 2.92 bits per heavy atom. The van der Waals surface area contributed by atoms with E-state index < -0.39 is 0 Å². The van der Waals surface area contributed by atoms with Crippen molar-refractivity contribution < 1.29 is 0 Å². The van der Waals surface area contributed by atoms with Gasteiger partial charge in [-0.3, -0.25) is 9.48 Å². The quantitative estimate of drug-likeness (QED) is 0.802. The van der Waals surface area contributed by atoms with E-state index in [1.54, 1.807) is 6.20 Å². The van der Waals surface area contributed by atoms with Crippen molar-refractivity contribution in [3.05, 3.63) is 52.4 Å². The first-order valence-corrected chi connectivity index (χ1v) is 8.34. The number of nitriles is 1. The average Bonchev–Trinajstić information content (AvgIpc) is 3.23. The van der Waals surface area contributed by atoms with Crippen LogP contribution in [0, 0.1) is 11.3 Å². The number of rotatable bonds is 3. The van der Waals surface area contributed by atoms with Crippen LogP contribution in [-0.4, -0.2) is 14.8 Å². The summed E-state index contributed by atoms with van der Waals surface area (Å²) in [4.78, 5) is 15.2. The summed E-state index contributed by atoms with van der Waals surface area (Å²) in [7, 11) is 0. The van der Waals surface area contributed by atoms with Gasteiger partial charge in [0.15, 0.2) is 0 Å². The summed E-state index contributed by atoms with van der Waals surface area (Å²) in [6.07, 6.45) is 6.68. The van der Waals surface area contributed by atoms with E-state index in [2.05, 4.69) is 11.1 Å². The molecule has 2 aromatic heterocycles. The molecule has 3 aromatic rings. The van der Waals surface area contributed by atoms with E-state index in [1.807, 2.05) is 35.0 Å². The number of pyridine rings is 1. The Bertz CT molecular complexity index is 987. The molecular formula is C19H18N4O. The van der Waals surface area contributed by atoms with Crippen LogP contribution in [0.3, 0.4) is 0 Å². The molecule has 1 aliphatic carbocycles. The molecule has 1 saturated carbocycles. The molecule has 1 fully saturated rings. The summed E-state index contributed by atoms with van der Waals surface area (Å²) in [5.41, 5.74) is 3.31. The van der Waals surface area contributed by atoms with E-state index >= 15 is 0 Å². The number of nitrogens with zero attached hydrogens (tertiary/aromatic N) is 3. The predicted octanol–water partition coefficient (Wildman–Crippen LogP) is 3.57. The largest absolute Gasteiger partial charge is 0.328 e. The fraction of sp³-hybridized carbons (Fsp3) is 0.316. The van der Waals surface area contributed by atoms with Gasteiger partial charge in [0.1, 0.15) is 5.69 Å². The van der Waals surface area contributed by atoms with Gasteiger partial charge in [0.05, 0.1) is 29.4 Å². The zero-order valence-electron chi connectivity index (χ0n) is 13.3. The molecule has 24 heavy (non-hydrogen) atoms. The van der Waals surface area contributed by atoms with Crippen LogP contribution in [0.4, 0.5) is 0 Å². The predicted molar refractivity (Wildman–Crippen MR) is 92.6 cm³/mol. The average molecular weight is 318 g/mol. The Morgan fingerprint density at radius 2 is 2.12 bits per heavy atom. The number of hydrogen-bond acceptors (Lipinski definition) is 3. The Morgan fingerprint density at radius 1 is 1.29 bits per heavy atom. The van der Waals surface area contributed by atoms with Crippen LogP contribution >= 0.6 is 0 Å². The van der Waals surface area contributed by atoms with Crippen molar-refractivity contribution in [3.8, 4) is 17.3 Å². The summed E-state index contributed by atoms with van der Waals surface area (Å²) in [5, 5.41) is 14.4. The topological polar surface area (TPSA) is 74.5 Å². The summed E-state index contributed by atoms with van der Waals surface area (Å²) in [5.74, 6) is 0. The summed E-state index contributed by atoms with van der Waals surface area (Å²) in [6.45, 7) is 0. The molecule has 120 valence electrons. The van der Waals surface area contributed by atoms with Crippen LogP contribution in [-0.2, 0) is 6.42 Å². The van der Waals surface area contributed by atoms with E-state index in [9.17, 15) is 4.79 Å². The molecule has 1 aromatic carbocycles. The Hall–Kier alpha value is -2.87. The standard InChI is InChI=1S/C19H18N4O/c20-10-8-13-4-3-5-14(12-13)18-17-16(9-11-21-19(17)24)23(22-18)15-6-1-2-7-15/h3-5,9,11-12,15H,1-2,6-8H2,(H,21,24). The smallest absolute Gasteiger partial charge is 0.259 e. The lowest BCUT2D eigenvalue weighted by Crippen LogP contribution is -2.08. The van der Waals surface area contributed by atoms with E-state index in [4.69, 9.17) is 10.4 Å². The Balaban J connectivity index is 1.94. The van der Waals surface area contributed by atoms with Crippen molar-refractivity contribution in [2.24, 2.45) is 0 Å². The number of fused-ring (bicyclic) bond motifs is 1. The highest BCUT2D eigenvalue weighted by molar-refractivity contribution is 5.92. The lowest BCUT2D eigenvalue weighted by molar-refractivity contribution is 0.483. The molecule has 5 heteroatoms. The molecule has 5 nitrogen and oxygen atoms in total. The summed E-state index contributed by atoms with van der Waals surface area (Å²) >= 11 is 0. The van der Waals surface area contributed by atoms with Gasteiger partial charge in [-0.05, 0) is 30.5 Å². The van der Waals surface area contributed by atoms with E-state index in [0.717, 1.165) is 29.5 Å². The zero-order chi connectivity index (χ0) is 16.5. The minimum absolute atomic E-state index is 0.113. The molecule has 2 heterocycles. The molecule has 0 bridgehead atoms. The van der Waals surface area contributed by atoms with E-state index in [0.29, 0.717) is 23.5 Å². The molecule has 0 spiro atoms. The monoisotopic (exact) mass is 318 g/mol. The number of aromatic nitrogens is 3.